The van der Waals surface area contributed by atoms with E-state index in [1.54, 1.807) is 18.2 Å². The van der Waals surface area contributed by atoms with Crippen LogP contribution in [0.4, 0.5) is 0 Å². The number of sulfonamides is 1. The molecule has 0 spiro atoms. The molecule has 0 heterocycles. The van der Waals surface area contributed by atoms with Crippen molar-refractivity contribution in [1.29, 1.82) is 0 Å². The number of hydrogen-bond acceptors (Lipinski definition) is 2. The Hall–Kier alpha value is 0.380. The second-order valence-electron chi connectivity index (χ2n) is 4.02. The Morgan fingerprint density at radius 3 is 2.53 bits per heavy atom. The van der Waals surface area contributed by atoms with Crippen LogP contribution < -0.4 is 0 Å². The number of hydrogen-bond donors (Lipinski definition) is 0. The van der Waals surface area contributed by atoms with E-state index in [0.29, 0.717) is 17.6 Å². The minimum Gasteiger partial charge on any atom is -0.207 e. The van der Waals surface area contributed by atoms with Crippen molar-refractivity contribution in [2.45, 2.75) is 24.7 Å². The van der Waals surface area contributed by atoms with Gasteiger partial charge in [-0.3, -0.25) is 0 Å². The predicted octanol–water partition coefficient (Wildman–Crippen LogP) is 4.24. The highest BCUT2D eigenvalue weighted by Crippen LogP contribution is 2.28. The van der Waals surface area contributed by atoms with Crippen molar-refractivity contribution in [3.8, 4) is 0 Å². The van der Waals surface area contributed by atoms with Gasteiger partial charge in [-0.15, -0.1) is 11.6 Å². The van der Waals surface area contributed by atoms with Crippen LogP contribution >= 0.6 is 43.5 Å². The molecule has 108 valence electrons. The average molecular weight is 434 g/mol. The predicted molar refractivity (Wildman–Crippen MR) is 86.2 cm³/mol. The highest BCUT2D eigenvalue weighted by atomic mass is 79.9. The van der Waals surface area contributed by atoms with Gasteiger partial charge in [0.05, 0.1) is 4.90 Å². The number of nitrogens with zero attached hydrogens (tertiary/aromatic N) is 1. The van der Waals surface area contributed by atoms with E-state index < -0.39 is 10.0 Å². The zero-order valence-electron chi connectivity index (χ0n) is 10.6. The summed E-state index contributed by atoms with van der Waals surface area (Å²) in [6.45, 7) is 2.84. The molecule has 0 aliphatic carbocycles. The lowest BCUT2D eigenvalue weighted by molar-refractivity contribution is 0.420. The summed E-state index contributed by atoms with van der Waals surface area (Å²) in [5.41, 5.74) is 0. The summed E-state index contributed by atoms with van der Waals surface area (Å²) >= 11 is 12.3. The largest absolute Gasteiger partial charge is 0.244 e. The van der Waals surface area contributed by atoms with Gasteiger partial charge in [0.25, 0.3) is 0 Å². The number of halogens is 3. The summed E-state index contributed by atoms with van der Waals surface area (Å²) in [7, 11) is -3.52. The van der Waals surface area contributed by atoms with Crippen molar-refractivity contribution in [2.24, 2.45) is 0 Å². The van der Waals surface area contributed by atoms with Crippen molar-refractivity contribution in [3.63, 3.8) is 0 Å². The average Bonchev–Trinajstić information content (AvgIpc) is 2.37. The fourth-order valence-electron chi connectivity index (χ4n) is 1.59. The number of unbranched alkanes of at least 4 members (excludes halogenated alkanes) is 1. The summed E-state index contributed by atoms with van der Waals surface area (Å²) in [6.07, 6.45) is 1.76. The van der Waals surface area contributed by atoms with E-state index in [-0.39, 0.29) is 10.8 Å². The number of rotatable bonds is 7. The third-order valence-electron chi connectivity index (χ3n) is 2.61. The molecule has 0 atom stereocenters. The fourth-order valence-corrected chi connectivity index (χ4v) is 4.84. The first kappa shape index (κ1) is 17.4. The first-order chi connectivity index (χ1) is 8.93. The first-order valence-corrected chi connectivity index (χ1v) is 9.50. The van der Waals surface area contributed by atoms with Gasteiger partial charge < -0.3 is 0 Å². The Morgan fingerprint density at radius 2 is 1.95 bits per heavy atom. The highest BCUT2D eigenvalue weighted by Gasteiger charge is 2.25. The van der Waals surface area contributed by atoms with Crippen molar-refractivity contribution in [2.75, 3.05) is 19.0 Å². The summed E-state index contributed by atoms with van der Waals surface area (Å²) in [5.74, 6) is 0.286. The lowest BCUT2D eigenvalue weighted by atomic mass is 10.3. The maximum atomic E-state index is 12.6. The van der Waals surface area contributed by atoms with E-state index >= 15 is 0 Å². The van der Waals surface area contributed by atoms with E-state index in [1.807, 2.05) is 6.92 Å². The number of benzene rings is 1. The topological polar surface area (TPSA) is 37.4 Å². The third kappa shape index (κ3) is 4.70. The Bertz CT molecular complexity index is 522. The lowest BCUT2D eigenvalue weighted by Gasteiger charge is -2.21. The first-order valence-electron chi connectivity index (χ1n) is 5.94. The smallest absolute Gasteiger partial charge is 0.207 e. The molecule has 0 unspecified atom stereocenters. The molecule has 0 amide bonds. The van der Waals surface area contributed by atoms with Crippen LogP contribution in [0.3, 0.4) is 0 Å². The van der Waals surface area contributed by atoms with Gasteiger partial charge >= 0.3 is 0 Å². The zero-order chi connectivity index (χ0) is 14.5. The van der Waals surface area contributed by atoms with Crippen molar-refractivity contribution in [3.05, 3.63) is 27.1 Å². The van der Waals surface area contributed by atoms with E-state index in [0.717, 1.165) is 17.3 Å². The fraction of sp³-hybridized carbons (Fsp3) is 0.500. The second kappa shape index (κ2) is 7.98. The van der Waals surface area contributed by atoms with Crippen molar-refractivity contribution in [1.82, 2.24) is 4.31 Å². The van der Waals surface area contributed by atoms with Gasteiger partial charge in [-0.2, -0.15) is 4.31 Å². The van der Waals surface area contributed by atoms with Crippen molar-refractivity contribution >= 4 is 53.5 Å². The Kier molecular flexibility index (Phi) is 7.32. The molecule has 0 aromatic heterocycles. The van der Waals surface area contributed by atoms with Crippen LogP contribution in [0.25, 0.3) is 0 Å². The molecule has 0 saturated carbocycles. The molecule has 1 aromatic rings. The standard InChI is InChI=1S/C12H16Br2ClNO2S/c1-2-3-7-16(8-6-15)19(17,18)12-9-10(13)4-5-11(12)14/h4-5,9H,2-3,6-8H2,1H3. The molecule has 0 saturated heterocycles. The minimum absolute atomic E-state index is 0.267. The summed E-state index contributed by atoms with van der Waals surface area (Å²) in [5, 5.41) is 0. The van der Waals surface area contributed by atoms with Gasteiger partial charge in [0.1, 0.15) is 0 Å². The molecule has 0 aliphatic heterocycles. The van der Waals surface area contributed by atoms with Crippen LogP contribution in [-0.2, 0) is 10.0 Å². The SMILES string of the molecule is CCCCN(CCCl)S(=O)(=O)c1cc(Br)ccc1Br. The maximum absolute atomic E-state index is 12.6. The molecule has 0 fully saturated rings. The summed E-state index contributed by atoms with van der Waals surface area (Å²) in [4.78, 5) is 0.267. The van der Waals surface area contributed by atoms with Gasteiger partial charge in [0.15, 0.2) is 0 Å². The molecule has 0 radical (unpaired) electrons. The Balaban J connectivity index is 3.14. The Morgan fingerprint density at radius 1 is 1.26 bits per heavy atom. The molecular formula is C12H16Br2ClNO2S. The molecule has 1 aromatic carbocycles. The maximum Gasteiger partial charge on any atom is 0.244 e. The molecule has 1 rings (SSSR count). The third-order valence-corrected chi connectivity index (χ3v) is 6.16. The van der Waals surface area contributed by atoms with Gasteiger partial charge in [0, 0.05) is 27.9 Å². The molecule has 19 heavy (non-hydrogen) atoms. The van der Waals surface area contributed by atoms with Crippen LogP contribution in [0.15, 0.2) is 32.0 Å². The van der Waals surface area contributed by atoms with E-state index in [9.17, 15) is 8.42 Å². The van der Waals surface area contributed by atoms with Crippen LogP contribution in [0, 0.1) is 0 Å². The highest BCUT2D eigenvalue weighted by molar-refractivity contribution is 9.11. The van der Waals surface area contributed by atoms with Gasteiger partial charge in [-0.1, -0.05) is 29.3 Å². The summed E-state index contributed by atoms with van der Waals surface area (Å²) in [6, 6.07) is 5.11. The second-order valence-corrected chi connectivity index (χ2v) is 8.08. The minimum atomic E-state index is -3.52. The monoisotopic (exact) mass is 431 g/mol. The lowest BCUT2D eigenvalue weighted by Crippen LogP contribution is -2.34. The van der Waals surface area contributed by atoms with E-state index in [2.05, 4.69) is 31.9 Å². The number of alkyl halides is 1. The van der Waals surface area contributed by atoms with E-state index in [1.165, 1.54) is 4.31 Å². The van der Waals surface area contributed by atoms with Gasteiger partial charge in [-0.25, -0.2) is 8.42 Å². The zero-order valence-corrected chi connectivity index (χ0v) is 15.3. The van der Waals surface area contributed by atoms with Gasteiger partial charge in [-0.05, 0) is 40.5 Å². The van der Waals surface area contributed by atoms with Crippen LogP contribution in [0.2, 0.25) is 0 Å². The van der Waals surface area contributed by atoms with Crippen LogP contribution in [-0.4, -0.2) is 31.7 Å². The van der Waals surface area contributed by atoms with Crippen LogP contribution in [0.1, 0.15) is 19.8 Å². The van der Waals surface area contributed by atoms with Crippen molar-refractivity contribution < 1.29 is 8.42 Å². The van der Waals surface area contributed by atoms with Crippen LogP contribution in [0.5, 0.6) is 0 Å². The molecule has 0 N–H and O–H groups in total. The molecule has 0 bridgehead atoms. The summed E-state index contributed by atoms with van der Waals surface area (Å²) < 4.78 is 28.0. The molecule has 7 heteroatoms. The van der Waals surface area contributed by atoms with E-state index in [4.69, 9.17) is 11.6 Å². The van der Waals surface area contributed by atoms with Gasteiger partial charge in [0.2, 0.25) is 10.0 Å². The Labute approximate surface area is 136 Å². The normalized spacial score (nSPS) is 12.1. The molecule has 3 nitrogen and oxygen atoms in total. The molecule has 0 aliphatic rings. The quantitative estimate of drug-likeness (QED) is 0.603. The molecular weight excluding hydrogens is 417 g/mol.